The summed E-state index contributed by atoms with van der Waals surface area (Å²) in [6, 6.07) is 50.3. The van der Waals surface area contributed by atoms with Gasteiger partial charge in [0.2, 0.25) is 0 Å². The number of aromatic nitrogens is 1. The zero-order valence-electron chi connectivity index (χ0n) is 27.7. The van der Waals surface area contributed by atoms with Crippen molar-refractivity contribution < 1.29 is 8.83 Å². The zero-order valence-corrected chi connectivity index (χ0v) is 27.7. The number of rotatable bonds is 4. The second-order valence-corrected chi connectivity index (χ2v) is 13.3. The van der Waals surface area contributed by atoms with Crippen LogP contribution < -0.4 is 5.32 Å². The van der Waals surface area contributed by atoms with Gasteiger partial charge in [-0.05, 0) is 69.1 Å². The quantitative estimate of drug-likeness (QED) is 0.202. The molecule has 1 unspecified atom stereocenters. The second-order valence-electron chi connectivity index (χ2n) is 13.3. The van der Waals surface area contributed by atoms with Gasteiger partial charge in [-0.25, -0.2) is 9.98 Å². The molecule has 6 heteroatoms. The molecule has 0 amide bonds. The number of furan rings is 2. The van der Waals surface area contributed by atoms with Crippen molar-refractivity contribution in [2.24, 2.45) is 9.98 Å². The third-order valence-corrected chi connectivity index (χ3v) is 10.2. The molecule has 1 atom stereocenters. The standard InChI is InChI=1S/C46H28N4O2/c1-2-9-27(10-3-1)44-48-45(50-46(49-44)35-14-8-16-39-42(35)34-13-6-7-15-38(34)51-39)33-20-18-30-21-32(19-17-31(30)22-33)37-25-47-26-41-43(37)36-23-28-11-4-5-12-29(28)24-40(36)52-41/h1-26,45H,(H,48,49,50). The molecule has 1 aliphatic rings. The van der Waals surface area contributed by atoms with Crippen LogP contribution in [0, 0.1) is 0 Å². The summed E-state index contributed by atoms with van der Waals surface area (Å²) in [5.74, 6) is 1.53. The molecule has 3 aromatic heterocycles. The third-order valence-electron chi connectivity index (χ3n) is 10.2. The lowest BCUT2D eigenvalue weighted by Crippen LogP contribution is -2.36. The molecule has 4 heterocycles. The van der Waals surface area contributed by atoms with E-state index in [4.69, 9.17) is 18.8 Å². The van der Waals surface area contributed by atoms with Crippen molar-refractivity contribution in [1.29, 1.82) is 0 Å². The molecule has 0 bridgehead atoms. The fourth-order valence-electron chi connectivity index (χ4n) is 7.68. The van der Waals surface area contributed by atoms with Crippen LogP contribution in [0.5, 0.6) is 0 Å². The van der Waals surface area contributed by atoms with Crippen LogP contribution in [0.3, 0.4) is 0 Å². The van der Waals surface area contributed by atoms with Crippen LogP contribution in [0.1, 0.15) is 22.9 Å². The molecule has 7 aromatic carbocycles. The number of hydrogen-bond acceptors (Lipinski definition) is 6. The lowest BCUT2D eigenvalue weighted by Gasteiger charge is -2.23. The topological polar surface area (TPSA) is 75.9 Å². The third kappa shape index (κ3) is 4.55. The minimum atomic E-state index is -0.450. The van der Waals surface area contributed by atoms with Crippen LogP contribution in [-0.4, -0.2) is 16.7 Å². The number of benzene rings is 7. The Kier molecular flexibility index (Phi) is 6.21. The fourth-order valence-corrected chi connectivity index (χ4v) is 7.68. The van der Waals surface area contributed by atoms with Crippen molar-refractivity contribution in [1.82, 2.24) is 10.3 Å². The smallest absolute Gasteiger partial charge is 0.169 e. The summed E-state index contributed by atoms with van der Waals surface area (Å²) in [5.41, 5.74) is 8.43. The first-order valence-electron chi connectivity index (χ1n) is 17.4. The molecule has 0 saturated heterocycles. The summed E-state index contributed by atoms with van der Waals surface area (Å²) < 4.78 is 12.5. The van der Waals surface area contributed by atoms with E-state index < -0.39 is 6.17 Å². The van der Waals surface area contributed by atoms with Gasteiger partial charge in [-0.1, -0.05) is 109 Å². The molecule has 6 nitrogen and oxygen atoms in total. The number of nitrogens with one attached hydrogen (secondary N) is 1. The van der Waals surface area contributed by atoms with Gasteiger partial charge in [0.1, 0.15) is 28.4 Å². The molecular formula is C46H28N4O2. The van der Waals surface area contributed by atoms with Crippen molar-refractivity contribution >= 4 is 77.1 Å². The summed E-state index contributed by atoms with van der Waals surface area (Å²) >= 11 is 0. The summed E-state index contributed by atoms with van der Waals surface area (Å²) in [4.78, 5) is 15.0. The number of nitrogens with zero attached hydrogens (tertiary/aromatic N) is 3. The number of aliphatic imine (C=N–C) groups is 2. The molecule has 1 aliphatic heterocycles. The van der Waals surface area contributed by atoms with Crippen LogP contribution in [0.4, 0.5) is 0 Å². The van der Waals surface area contributed by atoms with E-state index in [-0.39, 0.29) is 0 Å². The average Bonchev–Trinajstić information content (AvgIpc) is 3.77. The maximum atomic E-state index is 6.32. The van der Waals surface area contributed by atoms with E-state index in [1.807, 2.05) is 60.9 Å². The first kappa shape index (κ1) is 28.8. The van der Waals surface area contributed by atoms with E-state index >= 15 is 0 Å². The van der Waals surface area contributed by atoms with Crippen LogP contribution >= 0.6 is 0 Å². The zero-order chi connectivity index (χ0) is 34.2. The Labute approximate surface area is 297 Å². The minimum absolute atomic E-state index is 0.450. The minimum Gasteiger partial charge on any atom is -0.456 e. The molecule has 0 aliphatic carbocycles. The predicted molar refractivity (Wildman–Crippen MR) is 211 cm³/mol. The molecule has 0 fully saturated rings. The fraction of sp³-hybridized carbons (Fsp3) is 0.0217. The van der Waals surface area contributed by atoms with E-state index in [0.717, 1.165) is 99.5 Å². The van der Waals surface area contributed by atoms with E-state index in [1.54, 1.807) is 0 Å². The van der Waals surface area contributed by atoms with Crippen LogP contribution in [0.25, 0.3) is 76.5 Å². The molecule has 52 heavy (non-hydrogen) atoms. The Morgan fingerprint density at radius 1 is 0.442 bits per heavy atom. The number of pyridine rings is 1. The monoisotopic (exact) mass is 668 g/mol. The molecule has 0 saturated carbocycles. The van der Waals surface area contributed by atoms with Gasteiger partial charge in [0.15, 0.2) is 11.7 Å². The van der Waals surface area contributed by atoms with E-state index in [2.05, 4.69) is 107 Å². The van der Waals surface area contributed by atoms with E-state index in [0.29, 0.717) is 0 Å². The summed E-state index contributed by atoms with van der Waals surface area (Å²) in [5, 5.41) is 12.4. The van der Waals surface area contributed by atoms with Gasteiger partial charge in [-0.3, -0.25) is 4.98 Å². The van der Waals surface area contributed by atoms with Crippen LogP contribution in [0.15, 0.2) is 177 Å². The SMILES string of the molecule is c1ccc(C2=NC(c3ccc4cc(-c5cncc6oc7cc8ccccc8cc7c56)ccc4c3)N=C(c3cccc4oc5ccccc5c34)N2)cc1. The van der Waals surface area contributed by atoms with Crippen LogP contribution in [0.2, 0.25) is 0 Å². The van der Waals surface area contributed by atoms with Crippen molar-refractivity contribution in [2.45, 2.75) is 6.17 Å². The Morgan fingerprint density at radius 3 is 2.08 bits per heavy atom. The van der Waals surface area contributed by atoms with Gasteiger partial charge in [-0.2, -0.15) is 0 Å². The predicted octanol–water partition coefficient (Wildman–Crippen LogP) is 11.3. The normalized spacial score (nSPS) is 14.7. The number of hydrogen-bond donors (Lipinski definition) is 1. The van der Waals surface area contributed by atoms with Gasteiger partial charge in [0.05, 0.1) is 6.20 Å². The van der Waals surface area contributed by atoms with E-state index in [1.165, 1.54) is 5.39 Å². The van der Waals surface area contributed by atoms with Crippen LogP contribution in [-0.2, 0) is 0 Å². The molecular weight excluding hydrogens is 641 g/mol. The highest BCUT2D eigenvalue weighted by Crippen LogP contribution is 2.39. The van der Waals surface area contributed by atoms with Gasteiger partial charge >= 0.3 is 0 Å². The Morgan fingerprint density at radius 2 is 1.15 bits per heavy atom. The number of fused-ring (bicyclic) bond motifs is 8. The van der Waals surface area contributed by atoms with Crippen molar-refractivity contribution in [3.63, 3.8) is 0 Å². The lowest BCUT2D eigenvalue weighted by atomic mass is 9.97. The highest BCUT2D eigenvalue weighted by molar-refractivity contribution is 6.23. The van der Waals surface area contributed by atoms with Crippen molar-refractivity contribution in [2.75, 3.05) is 0 Å². The Bertz CT molecular complexity index is 3120. The highest BCUT2D eigenvalue weighted by atomic mass is 16.3. The lowest BCUT2D eigenvalue weighted by molar-refractivity contribution is 0.667. The molecule has 244 valence electrons. The van der Waals surface area contributed by atoms with Gasteiger partial charge in [0, 0.05) is 44.4 Å². The molecule has 0 radical (unpaired) electrons. The summed E-state index contributed by atoms with van der Waals surface area (Å²) in [6.07, 6.45) is 3.30. The average molecular weight is 669 g/mol. The number of amidine groups is 2. The van der Waals surface area contributed by atoms with Crippen molar-refractivity contribution in [3.05, 3.63) is 175 Å². The Hall–Kier alpha value is -7.05. The van der Waals surface area contributed by atoms with Gasteiger partial charge in [0.25, 0.3) is 0 Å². The molecule has 10 aromatic rings. The van der Waals surface area contributed by atoms with E-state index in [9.17, 15) is 0 Å². The molecule has 1 N–H and O–H groups in total. The second kappa shape index (κ2) is 11.2. The summed E-state index contributed by atoms with van der Waals surface area (Å²) in [6.45, 7) is 0. The van der Waals surface area contributed by atoms with Crippen molar-refractivity contribution in [3.8, 4) is 11.1 Å². The maximum absolute atomic E-state index is 6.32. The maximum Gasteiger partial charge on any atom is 0.169 e. The molecule has 0 spiro atoms. The molecule has 11 rings (SSSR count). The highest BCUT2D eigenvalue weighted by Gasteiger charge is 2.24. The summed E-state index contributed by atoms with van der Waals surface area (Å²) in [7, 11) is 0. The largest absolute Gasteiger partial charge is 0.456 e. The van der Waals surface area contributed by atoms with Gasteiger partial charge < -0.3 is 14.2 Å². The van der Waals surface area contributed by atoms with Gasteiger partial charge in [-0.15, -0.1) is 0 Å². The first-order valence-corrected chi connectivity index (χ1v) is 17.4. The Balaban J connectivity index is 1.03. The first-order chi connectivity index (χ1) is 25.7. The number of para-hydroxylation sites is 1.